The molecule has 2 aromatic carbocycles. The summed E-state index contributed by atoms with van der Waals surface area (Å²) in [6.07, 6.45) is 0. The van der Waals surface area contributed by atoms with Gasteiger partial charge in [0.15, 0.2) is 0 Å². The summed E-state index contributed by atoms with van der Waals surface area (Å²) < 4.78 is 33.1. The van der Waals surface area contributed by atoms with Crippen molar-refractivity contribution in [2.24, 2.45) is 0 Å². The molecule has 0 radical (unpaired) electrons. The van der Waals surface area contributed by atoms with E-state index in [0.717, 1.165) is 5.69 Å². The highest BCUT2D eigenvalue weighted by Crippen LogP contribution is 2.30. The van der Waals surface area contributed by atoms with E-state index in [9.17, 15) is 8.42 Å². The summed E-state index contributed by atoms with van der Waals surface area (Å²) >= 11 is 6.02. The van der Waals surface area contributed by atoms with Crippen molar-refractivity contribution in [3.63, 3.8) is 0 Å². The first-order valence-corrected chi connectivity index (χ1v) is 10.1. The molecular weight excluding hydrogens is 360 g/mol. The number of hydrogen-bond donors (Lipinski definition) is 0. The van der Waals surface area contributed by atoms with Gasteiger partial charge in [-0.2, -0.15) is 4.31 Å². The standard InChI is InChI=1S/C18H21ClN2O3S/c1-2-24-17-9-8-15(19)14-18(17)25(22,23)21-12-10-20(11-13-21)16-6-4-3-5-7-16/h3-9,14H,2,10-13H2,1H3. The molecule has 0 N–H and O–H groups in total. The topological polar surface area (TPSA) is 49.9 Å². The molecule has 7 heteroatoms. The van der Waals surface area contributed by atoms with E-state index in [1.54, 1.807) is 12.1 Å². The largest absolute Gasteiger partial charge is 0.492 e. The first kappa shape index (κ1) is 18.0. The van der Waals surface area contributed by atoms with Crippen LogP contribution < -0.4 is 9.64 Å². The van der Waals surface area contributed by atoms with Gasteiger partial charge in [0.2, 0.25) is 10.0 Å². The van der Waals surface area contributed by atoms with Crippen LogP contribution in [-0.4, -0.2) is 45.5 Å². The molecule has 1 saturated heterocycles. The van der Waals surface area contributed by atoms with Gasteiger partial charge >= 0.3 is 0 Å². The predicted molar refractivity (Wildman–Crippen MR) is 100 cm³/mol. The van der Waals surface area contributed by atoms with Gasteiger partial charge in [-0.3, -0.25) is 0 Å². The Balaban J connectivity index is 1.80. The Morgan fingerprint density at radius 3 is 2.36 bits per heavy atom. The minimum atomic E-state index is -3.65. The van der Waals surface area contributed by atoms with E-state index < -0.39 is 10.0 Å². The Morgan fingerprint density at radius 2 is 1.72 bits per heavy atom. The summed E-state index contributed by atoms with van der Waals surface area (Å²) in [5, 5.41) is 0.380. The summed E-state index contributed by atoms with van der Waals surface area (Å²) in [7, 11) is -3.65. The molecule has 1 heterocycles. The highest BCUT2D eigenvalue weighted by Gasteiger charge is 2.31. The SMILES string of the molecule is CCOc1ccc(Cl)cc1S(=O)(=O)N1CCN(c2ccccc2)CC1. The highest BCUT2D eigenvalue weighted by molar-refractivity contribution is 7.89. The number of piperazine rings is 1. The Bertz CT molecular complexity index is 819. The molecule has 0 unspecified atom stereocenters. The second-order valence-corrected chi connectivity index (χ2v) is 8.09. The number of anilines is 1. The molecule has 0 atom stereocenters. The highest BCUT2D eigenvalue weighted by atomic mass is 35.5. The van der Waals surface area contributed by atoms with Gasteiger partial charge in [0.05, 0.1) is 6.61 Å². The lowest BCUT2D eigenvalue weighted by Crippen LogP contribution is -2.48. The van der Waals surface area contributed by atoms with Crippen molar-refractivity contribution in [2.75, 3.05) is 37.7 Å². The summed E-state index contributed by atoms with van der Waals surface area (Å²) in [6.45, 7) is 4.36. The minimum absolute atomic E-state index is 0.134. The number of rotatable bonds is 5. The fourth-order valence-corrected chi connectivity index (χ4v) is 4.74. The number of sulfonamides is 1. The van der Waals surface area contributed by atoms with Gasteiger partial charge in [-0.05, 0) is 37.3 Å². The molecule has 2 aromatic rings. The van der Waals surface area contributed by atoms with Gasteiger partial charge in [-0.15, -0.1) is 0 Å². The van der Waals surface area contributed by atoms with Crippen LogP contribution in [0.15, 0.2) is 53.4 Å². The average Bonchev–Trinajstić information content (AvgIpc) is 2.64. The molecule has 0 spiro atoms. The molecule has 0 aliphatic carbocycles. The average molecular weight is 381 g/mol. The summed E-state index contributed by atoms with van der Waals surface area (Å²) in [4.78, 5) is 2.32. The number of nitrogens with zero attached hydrogens (tertiary/aromatic N) is 2. The maximum Gasteiger partial charge on any atom is 0.246 e. The quantitative estimate of drug-likeness (QED) is 0.799. The van der Waals surface area contributed by atoms with Gasteiger partial charge in [0.1, 0.15) is 10.6 Å². The molecule has 0 bridgehead atoms. The van der Waals surface area contributed by atoms with E-state index in [0.29, 0.717) is 43.6 Å². The van der Waals surface area contributed by atoms with E-state index in [1.165, 1.54) is 10.4 Å². The van der Waals surface area contributed by atoms with Crippen LogP contribution in [0.3, 0.4) is 0 Å². The fraction of sp³-hybridized carbons (Fsp3) is 0.333. The number of halogens is 1. The van der Waals surface area contributed by atoms with Crippen molar-refractivity contribution in [3.05, 3.63) is 53.6 Å². The Morgan fingerprint density at radius 1 is 1.04 bits per heavy atom. The van der Waals surface area contributed by atoms with Gasteiger partial charge in [-0.25, -0.2) is 8.42 Å². The molecular formula is C18H21ClN2O3S. The van der Waals surface area contributed by atoms with Crippen LogP contribution in [0.2, 0.25) is 5.02 Å². The zero-order valence-electron chi connectivity index (χ0n) is 14.1. The van der Waals surface area contributed by atoms with Crippen LogP contribution in [0.4, 0.5) is 5.69 Å². The molecule has 3 rings (SSSR count). The lowest BCUT2D eigenvalue weighted by molar-refractivity contribution is 0.327. The number of para-hydroxylation sites is 1. The van der Waals surface area contributed by atoms with Crippen LogP contribution in [-0.2, 0) is 10.0 Å². The zero-order chi connectivity index (χ0) is 17.9. The Labute approximate surface area is 153 Å². The van der Waals surface area contributed by atoms with Crippen LogP contribution in [0.5, 0.6) is 5.75 Å². The molecule has 0 saturated carbocycles. The van der Waals surface area contributed by atoms with E-state index in [-0.39, 0.29) is 4.90 Å². The number of benzene rings is 2. The molecule has 1 aliphatic heterocycles. The van der Waals surface area contributed by atoms with Gasteiger partial charge in [0.25, 0.3) is 0 Å². The lowest BCUT2D eigenvalue weighted by Gasteiger charge is -2.35. The van der Waals surface area contributed by atoms with Gasteiger partial charge < -0.3 is 9.64 Å². The van der Waals surface area contributed by atoms with Crippen LogP contribution in [0, 0.1) is 0 Å². The van der Waals surface area contributed by atoms with Crippen LogP contribution in [0.25, 0.3) is 0 Å². The first-order chi connectivity index (χ1) is 12.0. The molecule has 0 aromatic heterocycles. The van der Waals surface area contributed by atoms with E-state index in [1.807, 2.05) is 37.3 Å². The van der Waals surface area contributed by atoms with E-state index in [4.69, 9.17) is 16.3 Å². The molecule has 25 heavy (non-hydrogen) atoms. The second-order valence-electron chi connectivity index (χ2n) is 5.75. The van der Waals surface area contributed by atoms with Crippen LogP contribution >= 0.6 is 11.6 Å². The minimum Gasteiger partial charge on any atom is -0.492 e. The third-order valence-electron chi connectivity index (χ3n) is 4.18. The van der Waals surface area contributed by atoms with Crippen molar-refractivity contribution in [1.29, 1.82) is 0 Å². The van der Waals surface area contributed by atoms with Crippen molar-refractivity contribution >= 4 is 27.3 Å². The first-order valence-electron chi connectivity index (χ1n) is 8.25. The maximum atomic E-state index is 13.0. The molecule has 0 amide bonds. The Kier molecular flexibility index (Phi) is 5.51. The molecule has 1 aliphatic rings. The molecule has 1 fully saturated rings. The summed E-state index contributed by atoms with van der Waals surface area (Å²) in [5.41, 5.74) is 1.11. The third-order valence-corrected chi connectivity index (χ3v) is 6.34. The summed E-state index contributed by atoms with van der Waals surface area (Å²) in [5.74, 6) is 0.345. The third kappa shape index (κ3) is 3.92. The second kappa shape index (κ2) is 7.64. The monoisotopic (exact) mass is 380 g/mol. The van der Waals surface area contributed by atoms with Gasteiger partial charge in [0, 0.05) is 36.9 Å². The number of ether oxygens (including phenoxy) is 1. The Hall–Kier alpha value is -1.76. The van der Waals surface area contributed by atoms with Gasteiger partial charge in [-0.1, -0.05) is 29.8 Å². The van der Waals surface area contributed by atoms with Crippen molar-refractivity contribution in [1.82, 2.24) is 4.31 Å². The number of hydrogen-bond acceptors (Lipinski definition) is 4. The lowest BCUT2D eigenvalue weighted by atomic mass is 10.2. The molecule has 134 valence electrons. The van der Waals surface area contributed by atoms with Crippen LogP contribution in [0.1, 0.15) is 6.92 Å². The van der Waals surface area contributed by atoms with E-state index >= 15 is 0 Å². The normalized spacial score (nSPS) is 16.0. The smallest absolute Gasteiger partial charge is 0.246 e. The van der Waals surface area contributed by atoms with E-state index in [2.05, 4.69) is 4.90 Å². The van der Waals surface area contributed by atoms with Crippen molar-refractivity contribution in [2.45, 2.75) is 11.8 Å². The van der Waals surface area contributed by atoms with Crippen molar-refractivity contribution in [3.8, 4) is 5.75 Å². The summed E-state index contributed by atoms with van der Waals surface area (Å²) in [6, 6.07) is 14.7. The maximum absolute atomic E-state index is 13.0. The van der Waals surface area contributed by atoms with Crippen molar-refractivity contribution < 1.29 is 13.2 Å². The zero-order valence-corrected chi connectivity index (χ0v) is 15.6. The molecule has 5 nitrogen and oxygen atoms in total. The predicted octanol–water partition coefficient (Wildman–Crippen LogP) is 3.25. The fourth-order valence-electron chi connectivity index (χ4n) is 2.92.